The number of aliphatic hydroxyl groups is 10. The molecule has 2 fully saturated rings. The highest BCUT2D eigenvalue weighted by Gasteiger charge is 2.77. The molecule has 5 rings (SSSR count). The van der Waals surface area contributed by atoms with Gasteiger partial charge in [-0.15, -0.1) is 0 Å². The average molecular weight is 666 g/mol. The van der Waals surface area contributed by atoms with E-state index in [-0.39, 0.29) is 21.7 Å². The summed E-state index contributed by atoms with van der Waals surface area (Å²) >= 11 is 0. The summed E-state index contributed by atoms with van der Waals surface area (Å²) in [6.07, 6.45) is 1.91. The highest BCUT2D eigenvalue weighted by Crippen LogP contribution is 2.61. The highest BCUT2D eigenvalue weighted by molar-refractivity contribution is 6.42. The van der Waals surface area contributed by atoms with Crippen molar-refractivity contribution >= 4 is 81.3 Å². The number of anilines is 3. The van der Waals surface area contributed by atoms with E-state index in [1.807, 2.05) is 0 Å². The van der Waals surface area contributed by atoms with Gasteiger partial charge in [-0.2, -0.15) is 4.98 Å². The smallest absolute Gasteiger partial charge is 0.283 e. The molecule has 3 aromatic heterocycles. The van der Waals surface area contributed by atoms with Gasteiger partial charge >= 0.3 is 0 Å². The first-order valence-corrected chi connectivity index (χ1v) is 13.7. The Bertz CT molecular complexity index is 1890. The van der Waals surface area contributed by atoms with Gasteiger partial charge in [0.05, 0.1) is 39.2 Å². The molecule has 25 heteroatoms. The van der Waals surface area contributed by atoms with Crippen LogP contribution in [0.15, 0.2) is 29.3 Å². The number of piperazine rings is 1. The normalized spacial score (nSPS) is 33.0. The molecule has 244 valence electrons. The summed E-state index contributed by atoms with van der Waals surface area (Å²) in [6.45, 7) is 2.36. The van der Waals surface area contributed by atoms with Crippen molar-refractivity contribution in [3.63, 3.8) is 0 Å². The standard InChI is InChI=1S/C24H23B6N7O12/c1-7-10-6-32-16(33-11-4-3-9(5-31-11)37-23(30,47)21(28,45)35-22(29,46)24(37,48)49)34-13(10)36(14(39)12(7)8(2)38)15-17(25,26)19(41,42)20(43,44)18(15,27)40/h3-6,15,35,40-49H,1-2H3,(H,31,32,33,34). The van der Waals surface area contributed by atoms with Gasteiger partial charge < -0.3 is 56.4 Å². The van der Waals surface area contributed by atoms with Crippen LogP contribution in [0.4, 0.5) is 17.5 Å². The molecule has 1 saturated carbocycles. The molecule has 4 heterocycles. The van der Waals surface area contributed by atoms with Crippen molar-refractivity contribution in [3.8, 4) is 0 Å². The second-order valence-electron chi connectivity index (χ2n) is 12.0. The van der Waals surface area contributed by atoms with Gasteiger partial charge in [-0.3, -0.25) is 24.4 Å². The molecule has 12 radical (unpaired) electrons. The molecule has 5 atom stereocenters. The molecule has 0 spiro atoms. The van der Waals surface area contributed by atoms with Crippen LogP contribution in [0.5, 0.6) is 0 Å². The Morgan fingerprint density at radius 3 is 1.96 bits per heavy atom. The molecule has 0 aromatic carbocycles. The Hall–Kier alpha value is -3.34. The molecule has 1 saturated heterocycles. The first-order valence-electron chi connectivity index (χ1n) is 13.7. The van der Waals surface area contributed by atoms with Gasteiger partial charge in [-0.25, -0.2) is 9.97 Å². The lowest BCUT2D eigenvalue weighted by Crippen LogP contribution is -2.91. The zero-order valence-electron chi connectivity index (χ0n) is 25.4. The zero-order chi connectivity index (χ0) is 37.3. The predicted octanol–water partition coefficient (Wildman–Crippen LogP) is -7.84. The third-order valence-electron chi connectivity index (χ3n) is 8.69. The van der Waals surface area contributed by atoms with E-state index in [2.05, 4.69) is 20.3 Å². The second kappa shape index (κ2) is 10.6. The van der Waals surface area contributed by atoms with Gasteiger partial charge in [-0.1, -0.05) is 0 Å². The summed E-state index contributed by atoms with van der Waals surface area (Å²) < 4.78 is 0.383. The minimum atomic E-state index is -4.07. The molecule has 1 aliphatic carbocycles. The second-order valence-corrected chi connectivity index (χ2v) is 12.0. The molecular formula is C24H23B6N7O12. The number of pyridine rings is 2. The first kappa shape index (κ1) is 36.9. The zero-order valence-corrected chi connectivity index (χ0v) is 25.4. The number of aryl methyl sites for hydroxylation is 1. The predicted molar refractivity (Wildman–Crippen MR) is 169 cm³/mol. The molecule has 2 aliphatic rings. The van der Waals surface area contributed by atoms with E-state index in [1.165, 1.54) is 6.92 Å². The van der Waals surface area contributed by atoms with Crippen LogP contribution in [0.2, 0.25) is 5.21 Å². The summed E-state index contributed by atoms with van der Waals surface area (Å²) in [5, 5.41) is 106. The van der Waals surface area contributed by atoms with Crippen molar-refractivity contribution in [2.45, 2.75) is 65.0 Å². The van der Waals surface area contributed by atoms with Crippen molar-refractivity contribution in [1.29, 1.82) is 0 Å². The largest absolute Gasteiger partial charge is 0.392 e. The molecule has 19 nitrogen and oxygen atoms in total. The van der Waals surface area contributed by atoms with Gasteiger partial charge in [0.15, 0.2) is 5.78 Å². The number of hydrogen-bond acceptors (Lipinski definition) is 18. The number of ketones is 1. The van der Waals surface area contributed by atoms with Crippen molar-refractivity contribution in [2.75, 3.05) is 10.2 Å². The first-order chi connectivity index (χ1) is 22.0. The van der Waals surface area contributed by atoms with Crippen LogP contribution < -0.4 is 21.1 Å². The Morgan fingerprint density at radius 1 is 0.878 bits per heavy atom. The number of Topliss-reactive ketones (excluding diaryl/α,β-unsaturated/α-hetero) is 1. The monoisotopic (exact) mass is 667 g/mol. The number of nitrogens with zero attached hydrogens (tertiary/aromatic N) is 5. The molecule has 1 aliphatic heterocycles. The lowest BCUT2D eigenvalue weighted by molar-refractivity contribution is -0.370. The maximum absolute atomic E-state index is 13.8. The third-order valence-corrected chi connectivity index (χ3v) is 8.69. The summed E-state index contributed by atoms with van der Waals surface area (Å²) in [5.74, 6) is -13.0. The van der Waals surface area contributed by atoms with Gasteiger partial charge in [-0.05, 0) is 36.8 Å². The van der Waals surface area contributed by atoms with Crippen LogP contribution in [0.25, 0.3) is 11.0 Å². The maximum Gasteiger partial charge on any atom is 0.283 e. The van der Waals surface area contributed by atoms with E-state index in [1.54, 1.807) is 5.32 Å². The fraction of sp³-hybridized carbons (Fsp3) is 0.458. The molecule has 0 bridgehead atoms. The summed E-state index contributed by atoms with van der Waals surface area (Å²) in [7, 11) is 34.2. The minimum Gasteiger partial charge on any atom is -0.392 e. The van der Waals surface area contributed by atoms with Gasteiger partial charge in [0, 0.05) is 11.6 Å². The Morgan fingerprint density at radius 2 is 1.47 bits per heavy atom. The lowest BCUT2D eigenvalue weighted by Gasteiger charge is -2.62. The van der Waals surface area contributed by atoms with Crippen molar-refractivity contribution in [2.24, 2.45) is 0 Å². The number of rotatable bonds is 5. The lowest BCUT2D eigenvalue weighted by atomic mass is 9.47. The molecule has 5 unspecified atom stereocenters. The van der Waals surface area contributed by atoms with E-state index in [0.717, 1.165) is 31.5 Å². The van der Waals surface area contributed by atoms with Gasteiger partial charge in [0.25, 0.3) is 11.5 Å². The van der Waals surface area contributed by atoms with Gasteiger partial charge in [0.1, 0.15) is 65.2 Å². The Balaban J connectivity index is 1.64. The van der Waals surface area contributed by atoms with E-state index in [9.17, 15) is 60.7 Å². The fourth-order valence-corrected chi connectivity index (χ4v) is 5.91. The molecule has 12 N–H and O–H groups in total. The van der Waals surface area contributed by atoms with Gasteiger partial charge in [0.2, 0.25) is 17.5 Å². The molecule has 0 amide bonds. The third kappa shape index (κ3) is 4.76. The SMILES string of the molecule is [B]C1(O)NC([B])(O)C(O)(O)N(c2ccc(Nc3ncc4c(C)c(C(C)=O)c(=O)n(C5C([B])([B])C(O)(O)C(O)(O)C5([B])O)c4n3)nc2)C1([B])O. The molecular weight excluding hydrogens is 643 g/mol. The Labute approximate surface area is 283 Å². The summed E-state index contributed by atoms with van der Waals surface area (Å²) in [5.41, 5.74) is -16.1. The van der Waals surface area contributed by atoms with Crippen LogP contribution >= 0.6 is 0 Å². The van der Waals surface area contributed by atoms with Crippen LogP contribution in [-0.4, -0.2) is 163 Å². The number of hydrogen-bond donors (Lipinski definition) is 12. The van der Waals surface area contributed by atoms with Crippen LogP contribution in [0.3, 0.4) is 0 Å². The highest BCUT2D eigenvalue weighted by atomic mass is 16.6. The number of carbonyl (C=O) groups is 1. The number of carbonyl (C=O) groups excluding carboxylic acids is 1. The van der Waals surface area contributed by atoms with E-state index in [4.69, 9.17) is 47.1 Å². The van der Waals surface area contributed by atoms with Crippen LogP contribution in [0.1, 0.15) is 28.9 Å². The van der Waals surface area contributed by atoms with Crippen LogP contribution in [0, 0.1) is 6.92 Å². The maximum atomic E-state index is 13.8. The van der Waals surface area contributed by atoms with E-state index >= 15 is 0 Å². The summed E-state index contributed by atoms with van der Waals surface area (Å²) in [4.78, 5) is 38.6. The number of nitrogens with one attached hydrogen (secondary N) is 2. The fourth-order valence-electron chi connectivity index (χ4n) is 5.91. The topological polar surface area (TPSA) is 307 Å². The van der Waals surface area contributed by atoms with E-state index < -0.39 is 85.3 Å². The van der Waals surface area contributed by atoms with Crippen LogP contribution in [-0.2, 0) is 0 Å². The summed E-state index contributed by atoms with van der Waals surface area (Å²) in [6, 6.07) is -0.398. The molecule has 3 aromatic rings. The minimum absolute atomic E-state index is 0.0102. The quantitative estimate of drug-likeness (QED) is 0.0683. The Kier molecular flexibility index (Phi) is 7.98. The van der Waals surface area contributed by atoms with Crippen molar-refractivity contribution in [3.05, 3.63) is 46.0 Å². The number of fused-ring (bicyclic) bond motifs is 1. The van der Waals surface area contributed by atoms with Crippen molar-refractivity contribution < 1.29 is 55.9 Å². The van der Waals surface area contributed by atoms with E-state index in [0.29, 0.717) is 4.57 Å². The number of aromatic nitrogens is 4. The van der Waals surface area contributed by atoms with Crippen molar-refractivity contribution in [1.82, 2.24) is 24.8 Å². The molecule has 49 heavy (non-hydrogen) atoms. The average Bonchev–Trinajstić information content (AvgIpc) is 3.00.